The van der Waals surface area contributed by atoms with Crippen molar-refractivity contribution in [1.29, 1.82) is 0 Å². The van der Waals surface area contributed by atoms with Crippen LogP contribution in [0.3, 0.4) is 0 Å². The molecule has 0 spiro atoms. The molecule has 1 atom stereocenters. The molecule has 0 radical (unpaired) electrons. The van der Waals surface area contributed by atoms with Crippen LogP contribution >= 0.6 is 11.3 Å². The highest BCUT2D eigenvalue weighted by Crippen LogP contribution is 2.28. The van der Waals surface area contributed by atoms with Gasteiger partial charge in [-0.05, 0) is 31.2 Å². The first kappa shape index (κ1) is 15.8. The number of carbonyl (C=O) groups is 1. The smallest absolute Gasteiger partial charge is 0.291 e. The summed E-state index contributed by atoms with van der Waals surface area (Å²) >= 11 is 1.25. The van der Waals surface area contributed by atoms with Gasteiger partial charge in [-0.2, -0.15) is 0 Å². The highest BCUT2D eigenvalue weighted by molar-refractivity contribution is 7.15. The molecule has 3 N–H and O–H groups in total. The van der Waals surface area contributed by atoms with Gasteiger partial charge in [0.2, 0.25) is 10.9 Å². The van der Waals surface area contributed by atoms with E-state index < -0.39 is 6.04 Å². The lowest BCUT2D eigenvalue weighted by molar-refractivity contribution is 0.0904. The van der Waals surface area contributed by atoms with Crippen LogP contribution in [-0.2, 0) is 12.8 Å². The number of aromatic nitrogens is 3. The summed E-state index contributed by atoms with van der Waals surface area (Å²) in [6.45, 7) is 0. The van der Waals surface area contributed by atoms with E-state index in [4.69, 9.17) is 10.3 Å². The average molecular weight is 355 g/mol. The van der Waals surface area contributed by atoms with Crippen LogP contribution in [0.5, 0.6) is 0 Å². The normalized spacial score (nSPS) is 14.7. The van der Waals surface area contributed by atoms with E-state index in [1.165, 1.54) is 11.3 Å². The molecule has 0 saturated heterocycles. The Balaban J connectivity index is 1.65. The van der Waals surface area contributed by atoms with Crippen LogP contribution in [0.1, 0.15) is 51.3 Å². The quantitative estimate of drug-likeness (QED) is 0.745. The fourth-order valence-corrected chi connectivity index (χ4v) is 3.75. The number of amides is 1. The van der Waals surface area contributed by atoms with Crippen molar-refractivity contribution >= 4 is 22.4 Å². The average Bonchev–Trinajstić information content (AvgIpc) is 3.26. The number of nitrogens with one attached hydrogen (secondary N) is 1. The molecule has 0 bridgehead atoms. The maximum absolute atomic E-state index is 12.8. The predicted molar refractivity (Wildman–Crippen MR) is 93.2 cm³/mol. The molecule has 3 aromatic rings. The number of carbonyl (C=O) groups excluding carboxylic acids is 1. The number of nitrogens with zero attached hydrogens (tertiary/aromatic N) is 3. The van der Waals surface area contributed by atoms with Gasteiger partial charge in [0.1, 0.15) is 11.0 Å². The van der Waals surface area contributed by atoms with Gasteiger partial charge in [0.05, 0.1) is 5.69 Å². The fourth-order valence-electron chi connectivity index (χ4n) is 3.06. The first-order valence-corrected chi connectivity index (χ1v) is 8.96. The van der Waals surface area contributed by atoms with E-state index in [-0.39, 0.29) is 5.91 Å². The number of anilines is 1. The largest absolute Gasteiger partial charge is 0.374 e. The van der Waals surface area contributed by atoms with E-state index in [2.05, 4.69) is 20.7 Å². The van der Waals surface area contributed by atoms with Gasteiger partial charge in [0.15, 0.2) is 0 Å². The predicted octanol–water partition coefficient (Wildman–Crippen LogP) is 2.51. The molecule has 2 aromatic heterocycles. The Kier molecular flexibility index (Phi) is 4.19. The Morgan fingerprint density at radius 3 is 2.76 bits per heavy atom. The Morgan fingerprint density at radius 1 is 1.20 bits per heavy atom. The first-order chi connectivity index (χ1) is 12.2. The minimum absolute atomic E-state index is 0.293. The van der Waals surface area contributed by atoms with Crippen LogP contribution in [0.4, 0.5) is 5.13 Å². The van der Waals surface area contributed by atoms with E-state index in [0.29, 0.717) is 15.9 Å². The van der Waals surface area contributed by atoms with Crippen molar-refractivity contribution in [3.63, 3.8) is 0 Å². The molecule has 0 fully saturated rings. The summed E-state index contributed by atoms with van der Waals surface area (Å²) in [6, 6.07) is 9.16. The van der Waals surface area contributed by atoms with Crippen LogP contribution in [0, 0.1) is 0 Å². The molecule has 128 valence electrons. The molecule has 25 heavy (non-hydrogen) atoms. The van der Waals surface area contributed by atoms with Crippen molar-refractivity contribution in [3.8, 4) is 0 Å². The van der Waals surface area contributed by atoms with Gasteiger partial charge >= 0.3 is 0 Å². The summed E-state index contributed by atoms with van der Waals surface area (Å²) in [6.07, 6.45) is 3.81. The molecule has 0 saturated carbocycles. The summed E-state index contributed by atoms with van der Waals surface area (Å²) in [7, 11) is 0. The number of aryl methyl sites for hydroxylation is 1. The summed E-state index contributed by atoms with van der Waals surface area (Å²) in [5.74, 6) is 0.00592. The Labute approximate surface area is 148 Å². The topological polar surface area (TPSA) is 107 Å². The van der Waals surface area contributed by atoms with Crippen LogP contribution < -0.4 is 11.1 Å². The number of rotatable bonds is 4. The maximum atomic E-state index is 12.8. The molecule has 1 amide bonds. The van der Waals surface area contributed by atoms with Gasteiger partial charge in [-0.15, -0.1) is 10.2 Å². The molecule has 1 aliphatic rings. The van der Waals surface area contributed by atoms with Gasteiger partial charge in [-0.3, -0.25) is 4.79 Å². The Bertz CT molecular complexity index is 890. The van der Waals surface area contributed by atoms with Crippen LogP contribution in [-0.4, -0.2) is 21.3 Å². The van der Waals surface area contributed by atoms with E-state index in [9.17, 15) is 4.79 Å². The second-order valence-corrected chi connectivity index (χ2v) is 6.98. The highest BCUT2D eigenvalue weighted by Gasteiger charge is 2.28. The zero-order valence-corrected chi connectivity index (χ0v) is 14.3. The third-order valence-electron chi connectivity index (χ3n) is 4.28. The molecular formula is C17H17N5O2S. The molecule has 0 aliphatic heterocycles. The third-order valence-corrected chi connectivity index (χ3v) is 5.09. The van der Waals surface area contributed by atoms with Crippen molar-refractivity contribution in [1.82, 2.24) is 20.7 Å². The standard InChI is InChI=1S/C17H17N5O2S/c18-17-21-20-16(25-17)13(10-6-2-1-3-7-10)19-15(23)14-11-8-4-5-9-12(11)22-24-14/h1-3,6-7,13H,4-5,8-9H2,(H2,18,21)(H,19,23). The van der Waals surface area contributed by atoms with E-state index >= 15 is 0 Å². The number of nitrogens with two attached hydrogens (primary N) is 1. The van der Waals surface area contributed by atoms with E-state index in [1.807, 2.05) is 30.3 Å². The third kappa shape index (κ3) is 3.12. The van der Waals surface area contributed by atoms with E-state index in [1.54, 1.807) is 0 Å². The summed E-state index contributed by atoms with van der Waals surface area (Å²) in [4.78, 5) is 12.8. The van der Waals surface area contributed by atoms with Crippen molar-refractivity contribution in [3.05, 3.63) is 57.9 Å². The number of benzene rings is 1. The van der Waals surface area contributed by atoms with Crippen LogP contribution in [0.2, 0.25) is 0 Å². The maximum Gasteiger partial charge on any atom is 0.291 e. The van der Waals surface area contributed by atoms with Crippen molar-refractivity contribution < 1.29 is 9.32 Å². The summed E-state index contributed by atoms with van der Waals surface area (Å²) in [5, 5.41) is 16.0. The van der Waals surface area contributed by atoms with Gasteiger partial charge in [-0.1, -0.05) is 46.8 Å². The molecule has 8 heteroatoms. The SMILES string of the molecule is Nc1nnc(C(NC(=O)c2onc3c2CCCC3)c2ccccc2)s1. The minimum atomic E-state index is -0.437. The Hall–Kier alpha value is -2.74. The number of hydrogen-bond acceptors (Lipinski definition) is 7. The lowest BCUT2D eigenvalue weighted by atomic mass is 9.96. The number of nitrogen functional groups attached to an aromatic ring is 1. The van der Waals surface area contributed by atoms with Gasteiger partial charge in [-0.25, -0.2) is 0 Å². The van der Waals surface area contributed by atoms with Crippen LogP contribution in [0.15, 0.2) is 34.9 Å². The van der Waals surface area contributed by atoms with Gasteiger partial charge in [0.25, 0.3) is 5.91 Å². The lowest BCUT2D eigenvalue weighted by Gasteiger charge is -2.16. The monoisotopic (exact) mass is 355 g/mol. The summed E-state index contributed by atoms with van der Waals surface area (Å²) in [5.41, 5.74) is 8.44. The van der Waals surface area contributed by atoms with Crippen LogP contribution in [0.25, 0.3) is 0 Å². The first-order valence-electron chi connectivity index (χ1n) is 8.14. The zero-order chi connectivity index (χ0) is 17.2. The van der Waals surface area contributed by atoms with Gasteiger partial charge < -0.3 is 15.6 Å². The molecule has 2 heterocycles. The molecule has 7 nitrogen and oxygen atoms in total. The van der Waals surface area contributed by atoms with E-state index in [0.717, 1.165) is 42.5 Å². The molecule has 1 unspecified atom stereocenters. The second kappa shape index (κ2) is 6.64. The van der Waals surface area contributed by atoms with Crippen molar-refractivity contribution in [2.75, 3.05) is 5.73 Å². The molecule has 1 aliphatic carbocycles. The molecule has 4 rings (SSSR count). The van der Waals surface area contributed by atoms with Gasteiger partial charge in [0, 0.05) is 5.56 Å². The summed E-state index contributed by atoms with van der Waals surface area (Å²) < 4.78 is 5.34. The molecule has 1 aromatic carbocycles. The molecular weight excluding hydrogens is 338 g/mol. The second-order valence-electron chi connectivity index (χ2n) is 5.94. The van der Waals surface area contributed by atoms with Crippen molar-refractivity contribution in [2.24, 2.45) is 0 Å². The number of hydrogen-bond donors (Lipinski definition) is 2. The zero-order valence-electron chi connectivity index (χ0n) is 13.4. The minimum Gasteiger partial charge on any atom is -0.374 e. The fraction of sp³-hybridized carbons (Fsp3) is 0.294. The van der Waals surface area contributed by atoms with Crippen molar-refractivity contribution in [2.45, 2.75) is 31.7 Å². The lowest BCUT2D eigenvalue weighted by Crippen LogP contribution is -2.30. The highest BCUT2D eigenvalue weighted by atomic mass is 32.1. The Morgan fingerprint density at radius 2 is 2.00 bits per heavy atom. The number of fused-ring (bicyclic) bond motifs is 1.